The molecule has 0 aliphatic rings. The van der Waals surface area contributed by atoms with Crippen molar-refractivity contribution < 1.29 is 23.8 Å². The summed E-state index contributed by atoms with van der Waals surface area (Å²) in [7, 11) is 0. The fourth-order valence-electron chi connectivity index (χ4n) is 8.30. The summed E-state index contributed by atoms with van der Waals surface area (Å²) >= 11 is 0. The number of allylic oxidation sites excluding steroid dienone is 10. The number of unbranched alkanes of at least 4 members (excludes halogenated alkanes) is 32. The Bertz CT molecular complexity index is 1130. The first-order valence-electron chi connectivity index (χ1n) is 28.8. The molecule has 0 saturated carbocycles. The molecule has 0 aromatic rings. The second-order valence-corrected chi connectivity index (χ2v) is 19.2. The molecule has 66 heavy (non-hydrogen) atoms. The fraction of sp³-hybridized carbons (Fsp3) is 0.803. The molecule has 0 rings (SSSR count). The van der Waals surface area contributed by atoms with Gasteiger partial charge in [-0.15, -0.1) is 0 Å². The van der Waals surface area contributed by atoms with Gasteiger partial charge < -0.3 is 14.2 Å². The van der Waals surface area contributed by atoms with Gasteiger partial charge in [-0.25, -0.2) is 0 Å². The van der Waals surface area contributed by atoms with Crippen LogP contribution in [0.3, 0.4) is 0 Å². The van der Waals surface area contributed by atoms with Crippen molar-refractivity contribution >= 4 is 11.9 Å². The number of rotatable bonds is 53. The molecule has 5 nitrogen and oxygen atoms in total. The quantitative estimate of drug-likeness (QED) is 0.0346. The van der Waals surface area contributed by atoms with Crippen molar-refractivity contribution in [2.45, 2.75) is 297 Å². The van der Waals surface area contributed by atoms with Crippen LogP contribution in [0.15, 0.2) is 60.8 Å². The molecule has 0 bridgehead atoms. The third-order valence-electron chi connectivity index (χ3n) is 12.6. The predicted molar refractivity (Wildman–Crippen MR) is 288 cm³/mol. The van der Waals surface area contributed by atoms with Gasteiger partial charge in [0.05, 0.1) is 6.61 Å². The lowest BCUT2D eigenvalue weighted by Crippen LogP contribution is -2.30. The van der Waals surface area contributed by atoms with Gasteiger partial charge in [-0.1, -0.05) is 274 Å². The van der Waals surface area contributed by atoms with Crippen LogP contribution in [0, 0.1) is 0 Å². The summed E-state index contributed by atoms with van der Waals surface area (Å²) in [6.07, 6.45) is 72.5. The molecule has 0 radical (unpaired) electrons. The summed E-state index contributed by atoms with van der Waals surface area (Å²) in [5.41, 5.74) is 0. The van der Waals surface area contributed by atoms with E-state index in [1.807, 2.05) is 0 Å². The number of carbonyl (C=O) groups is 2. The van der Waals surface area contributed by atoms with Crippen molar-refractivity contribution in [3.8, 4) is 0 Å². The van der Waals surface area contributed by atoms with Crippen molar-refractivity contribution in [2.24, 2.45) is 0 Å². The molecule has 0 aromatic carbocycles. The highest BCUT2D eigenvalue weighted by Gasteiger charge is 2.17. The minimum absolute atomic E-state index is 0.0719. The lowest BCUT2D eigenvalue weighted by molar-refractivity contribution is -0.163. The summed E-state index contributed by atoms with van der Waals surface area (Å²) in [5, 5.41) is 0. The lowest BCUT2D eigenvalue weighted by Gasteiger charge is -2.18. The highest BCUT2D eigenvalue weighted by molar-refractivity contribution is 5.70. The van der Waals surface area contributed by atoms with Crippen LogP contribution in [0.4, 0.5) is 0 Å². The van der Waals surface area contributed by atoms with E-state index in [-0.39, 0.29) is 25.2 Å². The number of esters is 2. The highest BCUT2D eigenvalue weighted by Crippen LogP contribution is 2.16. The molecule has 0 aromatic heterocycles. The zero-order chi connectivity index (χ0) is 47.7. The van der Waals surface area contributed by atoms with Crippen LogP contribution in [0.2, 0.25) is 0 Å². The van der Waals surface area contributed by atoms with Gasteiger partial charge in [-0.2, -0.15) is 0 Å². The molecule has 0 fully saturated rings. The van der Waals surface area contributed by atoms with Gasteiger partial charge in [-0.3, -0.25) is 9.59 Å². The van der Waals surface area contributed by atoms with Crippen LogP contribution in [-0.4, -0.2) is 37.9 Å². The van der Waals surface area contributed by atoms with E-state index in [2.05, 4.69) is 81.5 Å². The van der Waals surface area contributed by atoms with E-state index < -0.39 is 6.10 Å². The molecule has 5 heteroatoms. The average molecular weight is 924 g/mol. The average Bonchev–Trinajstić information content (AvgIpc) is 3.32. The van der Waals surface area contributed by atoms with Crippen molar-refractivity contribution in [3.63, 3.8) is 0 Å². The Kier molecular flexibility index (Phi) is 54.9. The molecule has 0 heterocycles. The van der Waals surface area contributed by atoms with Gasteiger partial charge in [0.2, 0.25) is 0 Å². The summed E-state index contributed by atoms with van der Waals surface area (Å²) < 4.78 is 17.4. The smallest absolute Gasteiger partial charge is 0.306 e. The van der Waals surface area contributed by atoms with E-state index in [1.165, 1.54) is 180 Å². The Labute approximate surface area is 411 Å². The Morgan fingerprint density at radius 2 is 0.682 bits per heavy atom. The second-order valence-electron chi connectivity index (χ2n) is 19.2. The molecule has 0 N–H and O–H groups in total. The molecule has 384 valence electrons. The minimum atomic E-state index is -0.556. The van der Waals surface area contributed by atoms with E-state index in [9.17, 15) is 9.59 Å². The molecule has 0 aliphatic carbocycles. The summed E-state index contributed by atoms with van der Waals surface area (Å²) in [6, 6.07) is 0. The van der Waals surface area contributed by atoms with Crippen LogP contribution >= 0.6 is 0 Å². The van der Waals surface area contributed by atoms with Crippen LogP contribution in [0.25, 0.3) is 0 Å². The van der Waals surface area contributed by atoms with Gasteiger partial charge in [0, 0.05) is 19.4 Å². The SMILES string of the molecule is CC/C=C\C/C=C\C/C=C\C/C=C\C/C=C\CCCCOCC(COC(=O)CCCCCCCCCCCCCCCCCCC)OC(=O)CCCCCCCCCCCCCCCCC. The molecule has 0 aliphatic heterocycles. The van der Waals surface area contributed by atoms with E-state index >= 15 is 0 Å². The van der Waals surface area contributed by atoms with Gasteiger partial charge in [0.25, 0.3) is 0 Å². The molecule has 0 amide bonds. The molecule has 1 unspecified atom stereocenters. The van der Waals surface area contributed by atoms with Crippen LogP contribution in [-0.2, 0) is 23.8 Å². The van der Waals surface area contributed by atoms with Crippen molar-refractivity contribution in [1.82, 2.24) is 0 Å². The zero-order valence-corrected chi connectivity index (χ0v) is 44.2. The lowest BCUT2D eigenvalue weighted by atomic mass is 10.0. The van der Waals surface area contributed by atoms with Crippen molar-refractivity contribution in [2.75, 3.05) is 19.8 Å². The van der Waals surface area contributed by atoms with Gasteiger partial charge >= 0.3 is 11.9 Å². The van der Waals surface area contributed by atoms with Crippen LogP contribution in [0.1, 0.15) is 290 Å². The third-order valence-corrected chi connectivity index (χ3v) is 12.6. The minimum Gasteiger partial charge on any atom is -0.462 e. The molecular formula is C61H110O5. The molecule has 0 saturated heterocycles. The maximum atomic E-state index is 12.8. The van der Waals surface area contributed by atoms with Gasteiger partial charge in [0.1, 0.15) is 6.61 Å². The van der Waals surface area contributed by atoms with Crippen LogP contribution in [0.5, 0.6) is 0 Å². The second kappa shape index (κ2) is 56.9. The number of carbonyl (C=O) groups excluding carboxylic acids is 2. The monoisotopic (exact) mass is 923 g/mol. The predicted octanol–water partition coefficient (Wildman–Crippen LogP) is 19.7. The Balaban J connectivity index is 4.31. The van der Waals surface area contributed by atoms with E-state index in [4.69, 9.17) is 14.2 Å². The highest BCUT2D eigenvalue weighted by atomic mass is 16.6. The van der Waals surface area contributed by atoms with Gasteiger partial charge in [0.15, 0.2) is 6.10 Å². The zero-order valence-electron chi connectivity index (χ0n) is 44.2. The van der Waals surface area contributed by atoms with Crippen molar-refractivity contribution in [3.05, 3.63) is 60.8 Å². The van der Waals surface area contributed by atoms with E-state index in [0.717, 1.165) is 77.0 Å². The van der Waals surface area contributed by atoms with Crippen LogP contribution < -0.4 is 0 Å². The Morgan fingerprint density at radius 1 is 0.348 bits per heavy atom. The van der Waals surface area contributed by atoms with Gasteiger partial charge in [-0.05, 0) is 64.2 Å². The molecule has 1 atom stereocenters. The molecular weight excluding hydrogens is 813 g/mol. The topological polar surface area (TPSA) is 61.8 Å². The first-order chi connectivity index (χ1) is 32.6. The standard InChI is InChI=1S/C61H110O5/c1-4-7-10-13-16-19-22-25-28-30-32-35-38-41-44-47-50-53-56-64-57-59(66-61(63)55-52-49-46-43-40-37-33-27-24-21-18-15-12-9-6-3)58-65-60(62)54-51-48-45-42-39-36-34-31-29-26-23-20-17-14-11-8-5-2/h7,10,16,19,25,28,32,35,41,44,59H,4-6,8-9,11-15,17-18,20-24,26-27,29-31,33-34,36-40,42-43,45-58H2,1-3H3/b10-7-,19-16-,28-25-,35-32-,44-41-. The maximum absolute atomic E-state index is 12.8. The summed E-state index contributed by atoms with van der Waals surface area (Å²) in [5.74, 6) is -0.405. The Morgan fingerprint density at radius 3 is 1.06 bits per heavy atom. The largest absolute Gasteiger partial charge is 0.462 e. The number of hydrogen-bond acceptors (Lipinski definition) is 5. The summed E-state index contributed by atoms with van der Waals surface area (Å²) in [4.78, 5) is 25.5. The fourth-order valence-corrected chi connectivity index (χ4v) is 8.30. The maximum Gasteiger partial charge on any atom is 0.306 e. The van der Waals surface area contributed by atoms with E-state index in [0.29, 0.717) is 19.4 Å². The first-order valence-corrected chi connectivity index (χ1v) is 28.8. The third kappa shape index (κ3) is 54.2. The normalized spacial score (nSPS) is 12.6. The number of ether oxygens (including phenoxy) is 3. The first kappa shape index (κ1) is 63.6. The number of hydrogen-bond donors (Lipinski definition) is 0. The summed E-state index contributed by atoms with van der Waals surface area (Å²) in [6.45, 7) is 7.67. The Hall–Kier alpha value is -2.40. The van der Waals surface area contributed by atoms with E-state index in [1.54, 1.807) is 0 Å². The molecule has 0 spiro atoms. The van der Waals surface area contributed by atoms with Crippen molar-refractivity contribution in [1.29, 1.82) is 0 Å².